The average Bonchev–Trinajstić information content (AvgIpc) is 2.66. The van der Waals surface area contributed by atoms with Crippen LogP contribution in [0.5, 0.6) is 11.5 Å². The van der Waals surface area contributed by atoms with Gasteiger partial charge in [0.05, 0.1) is 7.11 Å². The Morgan fingerprint density at radius 1 is 1.12 bits per heavy atom. The summed E-state index contributed by atoms with van der Waals surface area (Å²) in [5, 5.41) is 2.84. The minimum absolute atomic E-state index is 0.163. The van der Waals surface area contributed by atoms with Gasteiger partial charge in [0.2, 0.25) is 5.91 Å². The lowest BCUT2D eigenvalue weighted by atomic mass is 10.1. The first-order valence-electron chi connectivity index (χ1n) is 8.17. The highest BCUT2D eigenvalue weighted by Gasteiger charge is 2.02. The Morgan fingerprint density at radius 2 is 1.85 bits per heavy atom. The molecule has 26 heavy (non-hydrogen) atoms. The highest BCUT2D eigenvalue weighted by Crippen LogP contribution is 2.17. The van der Waals surface area contributed by atoms with Gasteiger partial charge in [0.15, 0.2) is 6.61 Å². The second kappa shape index (κ2) is 9.88. The topological polar surface area (TPSA) is 90.7 Å². The molecule has 0 unspecified atom stereocenters. The van der Waals surface area contributed by atoms with E-state index in [2.05, 4.69) is 5.32 Å². The molecular weight excluding hydrogens is 332 g/mol. The SMILES string of the molecule is COc1ccccc1CCNC(=O)/C=C/c1ccc(OCC(N)=O)cc1. The molecule has 0 atom stereocenters. The number of primary amides is 1. The maximum Gasteiger partial charge on any atom is 0.255 e. The molecule has 0 aromatic heterocycles. The third-order valence-electron chi connectivity index (χ3n) is 3.57. The van der Waals surface area contributed by atoms with Gasteiger partial charge in [0.25, 0.3) is 5.91 Å². The highest BCUT2D eigenvalue weighted by atomic mass is 16.5. The smallest absolute Gasteiger partial charge is 0.255 e. The van der Waals surface area contributed by atoms with Gasteiger partial charge in [-0.25, -0.2) is 0 Å². The maximum atomic E-state index is 11.9. The number of nitrogens with two attached hydrogens (primary N) is 1. The normalized spacial score (nSPS) is 10.5. The lowest BCUT2D eigenvalue weighted by Gasteiger charge is -2.08. The lowest BCUT2D eigenvalue weighted by Crippen LogP contribution is -2.23. The van der Waals surface area contributed by atoms with Crippen molar-refractivity contribution in [2.24, 2.45) is 5.73 Å². The van der Waals surface area contributed by atoms with Gasteiger partial charge in [-0.2, -0.15) is 0 Å². The minimum Gasteiger partial charge on any atom is -0.496 e. The number of carbonyl (C=O) groups is 2. The molecular formula is C20H22N2O4. The Kier molecular flexibility index (Phi) is 7.24. The summed E-state index contributed by atoms with van der Waals surface area (Å²) in [6.07, 6.45) is 3.87. The Bertz CT molecular complexity index is 770. The molecule has 0 saturated carbocycles. The van der Waals surface area contributed by atoms with E-state index in [1.165, 1.54) is 6.08 Å². The van der Waals surface area contributed by atoms with Crippen LogP contribution in [0.25, 0.3) is 6.08 Å². The van der Waals surface area contributed by atoms with Crippen molar-refractivity contribution >= 4 is 17.9 Å². The van der Waals surface area contributed by atoms with Gasteiger partial charge in [-0.1, -0.05) is 30.3 Å². The number of hydrogen-bond acceptors (Lipinski definition) is 4. The van der Waals surface area contributed by atoms with Crippen LogP contribution in [0.4, 0.5) is 0 Å². The number of rotatable bonds is 9. The van der Waals surface area contributed by atoms with E-state index in [4.69, 9.17) is 15.2 Å². The molecule has 3 N–H and O–H groups in total. The molecule has 0 aliphatic heterocycles. The van der Waals surface area contributed by atoms with E-state index in [0.29, 0.717) is 18.7 Å². The average molecular weight is 354 g/mol. The largest absolute Gasteiger partial charge is 0.496 e. The first-order valence-corrected chi connectivity index (χ1v) is 8.17. The van der Waals surface area contributed by atoms with Crippen LogP contribution in [0.2, 0.25) is 0 Å². The van der Waals surface area contributed by atoms with Crippen molar-refractivity contribution in [2.45, 2.75) is 6.42 Å². The summed E-state index contributed by atoms with van der Waals surface area (Å²) in [6.45, 7) is 0.354. The zero-order valence-electron chi connectivity index (χ0n) is 14.6. The van der Waals surface area contributed by atoms with Gasteiger partial charge in [0, 0.05) is 12.6 Å². The quantitative estimate of drug-likeness (QED) is 0.673. The summed E-state index contributed by atoms with van der Waals surface area (Å²) in [5.74, 6) is 0.658. The minimum atomic E-state index is -0.529. The van der Waals surface area contributed by atoms with Gasteiger partial charge in [-0.3, -0.25) is 9.59 Å². The molecule has 0 bridgehead atoms. The number of benzene rings is 2. The van der Waals surface area contributed by atoms with Crippen LogP contribution in [-0.4, -0.2) is 32.1 Å². The summed E-state index contributed by atoms with van der Waals surface area (Å²) in [7, 11) is 1.63. The third-order valence-corrected chi connectivity index (χ3v) is 3.57. The molecule has 6 heteroatoms. The number of ether oxygens (including phenoxy) is 2. The zero-order valence-corrected chi connectivity index (χ0v) is 14.6. The van der Waals surface area contributed by atoms with Crippen LogP contribution in [0, 0.1) is 0 Å². The number of nitrogens with one attached hydrogen (secondary N) is 1. The van der Waals surface area contributed by atoms with Crippen LogP contribution < -0.4 is 20.5 Å². The standard InChI is InChI=1S/C20H22N2O4/c1-25-18-5-3-2-4-16(18)12-13-22-20(24)11-8-15-6-9-17(10-7-15)26-14-19(21)23/h2-11H,12-14H2,1H3,(H2,21,23)(H,22,24)/b11-8+. The Balaban J connectivity index is 1.79. The Labute approximate surface area is 152 Å². The van der Waals surface area contributed by atoms with E-state index in [1.807, 2.05) is 24.3 Å². The molecule has 136 valence electrons. The summed E-state index contributed by atoms with van der Waals surface area (Å²) in [6, 6.07) is 14.7. The van der Waals surface area contributed by atoms with Crippen molar-refractivity contribution in [3.63, 3.8) is 0 Å². The van der Waals surface area contributed by atoms with Gasteiger partial charge in [-0.15, -0.1) is 0 Å². The highest BCUT2D eigenvalue weighted by molar-refractivity contribution is 5.91. The van der Waals surface area contributed by atoms with Gasteiger partial charge < -0.3 is 20.5 Å². The summed E-state index contributed by atoms with van der Waals surface area (Å²) in [5.41, 5.74) is 6.91. The fraction of sp³-hybridized carbons (Fsp3) is 0.200. The fourth-order valence-electron chi connectivity index (χ4n) is 2.29. The number of amides is 2. The summed E-state index contributed by atoms with van der Waals surface area (Å²) in [4.78, 5) is 22.6. The van der Waals surface area contributed by atoms with Crippen LogP contribution >= 0.6 is 0 Å². The van der Waals surface area contributed by atoms with Crippen LogP contribution in [0.15, 0.2) is 54.6 Å². The van der Waals surface area contributed by atoms with Crippen molar-refractivity contribution in [3.8, 4) is 11.5 Å². The summed E-state index contributed by atoms with van der Waals surface area (Å²) < 4.78 is 10.5. The van der Waals surface area contributed by atoms with Gasteiger partial charge in [0.1, 0.15) is 11.5 Å². The van der Waals surface area contributed by atoms with Crippen LogP contribution in [0.3, 0.4) is 0 Å². The molecule has 0 spiro atoms. The van der Waals surface area contributed by atoms with Crippen LogP contribution in [0.1, 0.15) is 11.1 Å². The van der Waals surface area contributed by atoms with E-state index in [0.717, 1.165) is 16.9 Å². The van der Waals surface area contributed by atoms with E-state index < -0.39 is 5.91 Å². The number of methoxy groups -OCH3 is 1. The van der Waals surface area contributed by atoms with E-state index >= 15 is 0 Å². The van der Waals surface area contributed by atoms with E-state index in [9.17, 15) is 9.59 Å². The van der Waals surface area contributed by atoms with Crippen molar-refractivity contribution < 1.29 is 19.1 Å². The molecule has 0 radical (unpaired) electrons. The fourth-order valence-corrected chi connectivity index (χ4v) is 2.29. The van der Waals surface area contributed by atoms with Gasteiger partial charge in [-0.05, 0) is 41.8 Å². The van der Waals surface area contributed by atoms with Crippen molar-refractivity contribution in [2.75, 3.05) is 20.3 Å². The van der Waals surface area contributed by atoms with E-state index in [1.54, 1.807) is 37.5 Å². The molecule has 0 heterocycles. The van der Waals surface area contributed by atoms with Gasteiger partial charge >= 0.3 is 0 Å². The zero-order chi connectivity index (χ0) is 18.8. The number of carbonyl (C=O) groups excluding carboxylic acids is 2. The molecule has 0 aliphatic rings. The molecule has 2 aromatic rings. The van der Waals surface area contributed by atoms with Crippen molar-refractivity contribution in [3.05, 3.63) is 65.7 Å². The molecule has 0 fully saturated rings. The predicted octanol–water partition coefficient (Wildman–Crippen LogP) is 1.93. The first kappa shape index (κ1) is 19.1. The second-order valence-electron chi connectivity index (χ2n) is 5.51. The first-order chi connectivity index (χ1) is 12.6. The maximum absolute atomic E-state index is 11.9. The molecule has 0 aliphatic carbocycles. The molecule has 2 rings (SSSR count). The van der Waals surface area contributed by atoms with Crippen molar-refractivity contribution in [1.82, 2.24) is 5.32 Å². The third kappa shape index (κ3) is 6.32. The van der Waals surface area contributed by atoms with E-state index in [-0.39, 0.29) is 12.5 Å². The predicted molar refractivity (Wildman–Crippen MR) is 99.9 cm³/mol. The number of hydrogen-bond donors (Lipinski definition) is 2. The van der Waals surface area contributed by atoms with Crippen LogP contribution in [-0.2, 0) is 16.0 Å². The molecule has 6 nitrogen and oxygen atoms in total. The van der Waals surface area contributed by atoms with Crippen molar-refractivity contribution in [1.29, 1.82) is 0 Å². The lowest BCUT2D eigenvalue weighted by molar-refractivity contribution is -0.120. The summed E-state index contributed by atoms with van der Waals surface area (Å²) >= 11 is 0. The molecule has 0 saturated heterocycles. The molecule has 2 amide bonds. The monoisotopic (exact) mass is 354 g/mol. The Hall–Kier alpha value is -3.28. The molecule has 2 aromatic carbocycles. The second-order valence-corrected chi connectivity index (χ2v) is 5.51. The Morgan fingerprint density at radius 3 is 2.54 bits per heavy atom. The number of para-hydroxylation sites is 1.